The number of ether oxygens (including phenoxy) is 1. The van der Waals surface area contributed by atoms with Crippen LogP contribution in [0.2, 0.25) is 0 Å². The van der Waals surface area contributed by atoms with E-state index in [0.717, 1.165) is 18.2 Å². The lowest BCUT2D eigenvalue weighted by Gasteiger charge is -2.08. The minimum absolute atomic E-state index is 0.0333. The molecule has 5 aromatic rings. The maximum atomic E-state index is 15.1. The average Bonchev–Trinajstić information content (AvgIpc) is 3.47. The van der Waals surface area contributed by atoms with E-state index in [9.17, 15) is 13.6 Å². The Labute approximate surface area is 194 Å². The van der Waals surface area contributed by atoms with Crippen molar-refractivity contribution in [2.24, 2.45) is 0 Å². The van der Waals surface area contributed by atoms with Crippen molar-refractivity contribution >= 4 is 22.8 Å². The van der Waals surface area contributed by atoms with E-state index in [-0.39, 0.29) is 39.9 Å². The summed E-state index contributed by atoms with van der Waals surface area (Å²) in [6, 6.07) is 7.28. The monoisotopic (exact) mass is 477 g/mol. The van der Waals surface area contributed by atoms with Gasteiger partial charge in [-0.05, 0) is 30.3 Å². The molecule has 0 aliphatic carbocycles. The van der Waals surface area contributed by atoms with Gasteiger partial charge < -0.3 is 10.5 Å². The number of nitrogens with zero attached hydrogens (tertiary/aromatic N) is 6. The molecule has 12 heteroatoms. The number of halogens is 3. The van der Waals surface area contributed by atoms with E-state index in [4.69, 9.17) is 10.5 Å². The van der Waals surface area contributed by atoms with Crippen LogP contribution in [-0.4, -0.2) is 35.2 Å². The molecule has 0 bridgehead atoms. The normalized spacial score (nSPS) is 11.1. The highest BCUT2D eigenvalue weighted by atomic mass is 19.1. The van der Waals surface area contributed by atoms with Crippen LogP contribution in [0.5, 0.6) is 11.6 Å². The molecule has 35 heavy (non-hydrogen) atoms. The fraction of sp³-hybridized carbons (Fsp3) is 0. The highest BCUT2D eigenvalue weighted by Gasteiger charge is 2.22. The Morgan fingerprint density at radius 2 is 1.86 bits per heavy atom. The number of allylic oxidation sites excluding steroid dienone is 1. The lowest BCUT2D eigenvalue weighted by atomic mass is 10.1. The Morgan fingerprint density at radius 1 is 1.09 bits per heavy atom. The zero-order valence-corrected chi connectivity index (χ0v) is 17.7. The van der Waals surface area contributed by atoms with E-state index in [1.165, 1.54) is 46.2 Å². The molecule has 2 N–H and O–H groups in total. The molecule has 174 valence electrons. The van der Waals surface area contributed by atoms with Gasteiger partial charge in [-0.3, -0.25) is 9.36 Å². The lowest BCUT2D eigenvalue weighted by Crippen LogP contribution is -2.04. The first kappa shape index (κ1) is 21.8. The largest absolute Gasteiger partial charge is 0.433 e. The first-order valence-corrected chi connectivity index (χ1v) is 10.0. The van der Waals surface area contributed by atoms with Gasteiger partial charge in [0.1, 0.15) is 17.8 Å². The van der Waals surface area contributed by atoms with Crippen molar-refractivity contribution in [3.63, 3.8) is 0 Å². The van der Waals surface area contributed by atoms with Crippen LogP contribution in [0.4, 0.5) is 19.0 Å². The number of carbonyl (C=O) groups is 1. The van der Waals surface area contributed by atoms with Crippen LogP contribution < -0.4 is 10.5 Å². The fourth-order valence-electron chi connectivity index (χ4n) is 3.43. The standard InChI is InChI=1S/C23H14F3N7O2/c1-2-17(34)32-9-8-12(10-32)33-23-18(22(27)28-11-29-23)19(31-33)13-6-7-16(30-21(13)26)35-20-14(24)4-3-5-15(20)25/h2-11H,1H2,(H2,27,28,29). The molecule has 0 radical (unpaired) electrons. The molecule has 4 aromatic heterocycles. The number of fused-ring (bicyclic) bond motifs is 1. The third kappa shape index (κ3) is 3.76. The number of pyridine rings is 1. The molecule has 0 saturated carbocycles. The average molecular weight is 477 g/mol. The van der Waals surface area contributed by atoms with Crippen LogP contribution in [0.1, 0.15) is 4.79 Å². The molecule has 0 fully saturated rings. The first-order valence-electron chi connectivity index (χ1n) is 10.0. The molecule has 4 heterocycles. The van der Waals surface area contributed by atoms with Crippen LogP contribution in [-0.2, 0) is 0 Å². The number of hydrogen-bond donors (Lipinski definition) is 1. The van der Waals surface area contributed by atoms with Gasteiger partial charge in [-0.1, -0.05) is 12.6 Å². The number of rotatable bonds is 5. The second-order valence-electron chi connectivity index (χ2n) is 7.18. The summed E-state index contributed by atoms with van der Waals surface area (Å²) in [7, 11) is 0. The number of nitrogen functional groups attached to an aromatic ring is 1. The van der Waals surface area contributed by atoms with E-state index in [1.54, 1.807) is 6.07 Å². The molecular weight excluding hydrogens is 463 g/mol. The number of carbonyl (C=O) groups excluding carboxylic acids is 1. The third-order valence-corrected chi connectivity index (χ3v) is 5.05. The van der Waals surface area contributed by atoms with Crippen molar-refractivity contribution in [3.05, 3.63) is 85.4 Å². The minimum atomic E-state index is -1.03. The molecule has 0 atom stereocenters. The third-order valence-electron chi connectivity index (χ3n) is 5.05. The summed E-state index contributed by atoms with van der Waals surface area (Å²) in [6.07, 6.45) is 5.37. The first-order chi connectivity index (χ1) is 16.9. The molecule has 1 aromatic carbocycles. The predicted molar refractivity (Wildman–Crippen MR) is 120 cm³/mol. The quantitative estimate of drug-likeness (QED) is 0.297. The summed E-state index contributed by atoms with van der Waals surface area (Å²) in [6.45, 7) is 3.45. The van der Waals surface area contributed by atoms with Crippen LogP contribution in [0.15, 0.2) is 67.8 Å². The summed E-state index contributed by atoms with van der Waals surface area (Å²) >= 11 is 0. The minimum Gasteiger partial charge on any atom is -0.433 e. The predicted octanol–water partition coefficient (Wildman–Crippen LogP) is 4.30. The van der Waals surface area contributed by atoms with E-state index < -0.39 is 23.3 Å². The molecule has 0 aliphatic rings. The van der Waals surface area contributed by atoms with Gasteiger partial charge in [-0.2, -0.15) is 14.5 Å². The molecule has 0 saturated heterocycles. The summed E-state index contributed by atoms with van der Waals surface area (Å²) in [4.78, 5) is 23.7. The van der Waals surface area contributed by atoms with E-state index in [2.05, 4.69) is 26.6 Å². The van der Waals surface area contributed by atoms with Crippen LogP contribution in [0.3, 0.4) is 0 Å². The van der Waals surface area contributed by atoms with Gasteiger partial charge in [0.25, 0.3) is 5.91 Å². The molecule has 0 amide bonds. The van der Waals surface area contributed by atoms with Crippen molar-refractivity contribution in [2.75, 3.05) is 5.73 Å². The Kier molecular flexibility index (Phi) is 5.24. The second kappa shape index (κ2) is 8.41. The maximum Gasteiger partial charge on any atom is 0.254 e. The zero-order valence-electron chi connectivity index (χ0n) is 17.7. The van der Waals surface area contributed by atoms with Crippen molar-refractivity contribution in [1.82, 2.24) is 29.3 Å². The van der Waals surface area contributed by atoms with Gasteiger partial charge in [-0.15, -0.1) is 0 Å². The molecular formula is C23H14F3N7O2. The van der Waals surface area contributed by atoms with Crippen molar-refractivity contribution in [1.29, 1.82) is 0 Å². The number of benzene rings is 1. The Morgan fingerprint density at radius 3 is 2.57 bits per heavy atom. The summed E-state index contributed by atoms with van der Waals surface area (Å²) in [5.41, 5.74) is 6.72. The fourth-order valence-corrected chi connectivity index (χ4v) is 3.43. The Bertz CT molecular complexity index is 1610. The van der Waals surface area contributed by atoms with Crippen molar-refractivity contribution in [2.45, 2.75) is 0 Å². The van der Waals surface area contributed by atoms with Crippen molar-refractivity contribution < 1.29 is 22.7 Å². The lowest BCUT2D eigenvalue weighted by molar-refractivity contribution is 0.0969. The van der Waals surface area contributed by atoms with Crippen molar-refractivity contribution in [3.8, 4) is 28.6 Å². The molecule has 0 unspecified atom stereocenters. The Hall–Kier alpha value is -5.00. The summed E-state index contributed by atoms with van der Waals surface area (Å²) in [5, 5.41) is 4.68. The number of para-hydroxylation sites is 1. The molecule has 9 nitrogen and oxygen atoms in total. The maximum absolute atomic E-state index is 15.1. The van der Waals surface area contributed by atoms with E-state index in [1.807, 2.05) is 0 Å². The zero-order chi connectivity index (χ0) is 24.7. The highest BCUT2D eigenvalue weighted by molar-refractivity contribution is 5.99. The van der Waals surface area contributed by atoms with Gasteiger partial charge in [0, 0.05) is 18.5 Å². The molecule has 0 spiro atoms. The van der Waals surface area contributed by atoms with Gasteiger partial charge in [0.2, 0.25) is 17.6 Å². The molecule has 0 aliphatic heterocycles. The smallest absolute Gasteiger partial charge is 0.254 e. The van der Waals surface area contributed by atoms with Gasteiger partial charge in [-0.25, -0.2) is 23.4 Å². The topological polar surface area (TPSA) is 114 Å². The highest BCUT2D eigenvalue weighted by Crippen LogP contribution is 2.34. The van der Waals surface area contributed by atoms with Crippen LogP contribution >= 0.6 is 0 Å². The van der Waals surface area contributed by atoms with Crippen LogP contribution in [0, 0.1) is 17.6 Å². The molecule has 5 rings (SSSR count). The summed E-state index contributed by atoms with van der Waals surface area (Å²) < 4.78 is 50.6. The second-order valence-corrected chi connectivity index (χ2v) is 7.18. The van der Waals surface area contributed by atoms with E-state index >= 15 is 4.39 Å². The number of nitrogens with two attached hydrogens (primary N) is 1. The number of anilines is 1. The SMILES string of the molecule is C=CC(=O)n1ccc(-n2nc(-c3ccc(Oc4c(F)cccc4F)nc3F)c3c(N)ncnc32)c1. The Balaban J connectivity index is 1.60. The van der Waals surface area contributed by atoms with Gasteiger partial charge in [0.15, 0.2) is 17.3 Å². The van der Waals surface area contributed by atoms with Gasteiger partial charge >= 0.3 is 0 Å². The number of hydrogen-bond acceptors (Lipinski definition) is 7. The van der Waals surface area contributed by atoms with Crippen LogP contribution in [0.25, 0.3) is 28.0 Å². The summed E-state index contributed by atoms with van der Waals surface area (Å²) in [5.74, 6) is -4.37. The van der Waals surface area contributed by atoms with E-state index in [0.29, 0.717) is 5.69 Å². The van der Waals surface area contributed by atoms with Gasteiger partial charge in [0.05, 0.1) is 16.6 Å². The number of aromatic nitrogens is 6.